The van der Waals surface area contributed by atoms with E-state index in [4.69, 9.17) is 30.5 Å². The number of ether oxygens (including phenoxy) is 4. The summed E-state index contributed by atoms with van der Waals surface area (Å²) >= 11 is 5.88. The van der Waals surface area contributed by atoms with Gasteiger partial charge in [-0.3, -0.25) is 9.59 Å². The summed E-state index contributed by atoms with van der Waals surface area (Å²) in [6.07, 6.45) is -0.718. The number of nitrogens with one attached hydrogen (secondary N) is 2. The van der Waals surface area contributed by atoms with Crippen LogP contribution < -0.4 is 19.5 Å². The second kappa shape index (κ2) is 18.0. The highest BCUT2D eigenvalue weighted by Gasteiger charge is 2.31. The minimum atomic E-state index is -3.71. The third kappa shape index (κ3) is 12.3. The standard InChI is InChI=1S/C30H44ClN3O8S/c1-7-41-29(42-8-2)19-34(21(3)4)30(36)26(18-23-17-25(39-5)13-14-27(23)40-6)33-28(35)15-16-32-43(37,38)20-22-9-11-24(31)12-10-22/h9-14,17,21,26,29,32H,7-8,15-16,18-20H2,1-6H3,(H,33,35). The van der Waals surface area contributed by atoms with Crippen LogP contribution in [-0.4, -0.2) is 84.0 Å². The highest BCUT2D eigenvalue weighted by molar-refractivity contribution is 7.88. The van der Waals surface area contributed by atoms with Crippen LogP contribution in [-0.2, 0) is 41.3 Å². The third-order valence-corrected chi connectivity index (χ3v) is 8.06. The van der Waals surface area contributed by atoms with E-state index in [1.807, 2.05) is 27.7 Å². The van der Waals surface area contributed by atoms with E-state index < -0.39 is 28.3 Å². The number of halogens is 1. The summed E-state index contributed by atoms with van der Waals surface area (Å²) in [7, 11) is -0.655. The molecule has 0 bridgehead atoms. The predicted octanol–water partition coefficient (Wildman–Crippen LogP) is 3.53. The molecule has 0 heterocycles. The lowest BCUT2D eigenvalue weighted by Gasteiger charge is -2.34. The van der Waals surface area contributed by atoms with Crippen molar-refractivity contribution < 1.29 is 37.0 Å². The average Bonchev–Trinajstić information content (AvgIpc) is 2.96. The van der Waals surface area contributed by atoms with Crippen LogP contribution in [0, 0.1) is 0 Å². The maximum atomic E-state index is 14.0. The molecule has 1 atom stereocenters. The first-order chi connectivity index (χ1) is 20.4. The largest absolute Gasteiger partial charge is 0.497 e. The summed E-state index contributed by atoms with van der Waals surface area (Å²) in [5.41, 5.74) is 1.21. The van der Waals surface area contributed by atoms with Crippen molar-refractivity contribution in [2.24, 2.45) is 0 Å². The first kappa shape index (κ1) is 36.3. The Hall–Kier alpha value is -2.90. The van der Waals surface area contributed by atoms with Crippen molar-refractivity contribution in [3.63, 3.8) is 0 Å². The number of carbonyl (C=O) groups is 2. The van der Waals surface area contributed by atoms with Crippen LogP contribution >= 0.6 is 11.6 Å². The highest BCUT2D eigenvalue weighted by atomic mass is 35.5. The number of sulfonamides is 1. The molecule has 0 aliphatic heterocycles. The molecular formula is C30H44ClN3O8S. The SMILES string of the molecule is CCOC(CN(C(=O)C(Cc1cc(OC)ccc1OC)NC(=O)CCNS(=O)(=O)Cc1ccc(Cl)cc1)C(C)C)OCC. The zero-order valence-corrected chi connectivity index (χ0v) is 27.3. The number of benzene rings is 2. The maximum Gasteiger partial charge on any atom is 0.245 e. The van der Waals surface area contributed by atoms with Crippen LogP contribution in [0.5, 0.6) is 11.5 Å². The van der Waals surface area contributed by atoms with E-state index in [0.717, 1.165) is 0 Å². The van der Waals surface area contributed by atoms with Crippen molar-refractivity contribution in [3.8, 4) is 11.5 Å². The van der Waals surface area contributed by atoms with E-state index in [9.17, 15) is 18.0 Å². The molecule has 0 saturated heterocycles. The van der Waals surface area contributed by atoms with Crippen molar-refractivity contribution in [1.82, 2.24) is 14.9 Å². The average molecular weight is 642 g/mol. The Balaban J connectivity index is 2.23. The van der Waals surface area contributed by atoms with E-state index in [-0.39, 0.29) is 43.6 Å². The van der Waals surface area contributed by atoms with E-state index in [1.165, 1.54) is 14.2 Å². The molecule has 0 saturated carbocycles. The molecule has 240 valence electrons. The van der Waals surface area contributed by atoms with E-state index in [0.29, 0.717) is 40.9 Å². The lowest BCUT2D eigenvalue weighted by atomic mass is 10.0. The van der Waals surface area contributed by atoms with E-state index in [1.54, 1.807) is 47.4 Å². The molecule has 43 heavy (non-hydrogen) atoms. The molecule has 0 aliphatic rings. The third-order valence-electron chi connectivity index (χ3n) is 6.45. The predicted molar refractivity (Wildman–Crippen MR) is 166 cm³/mol. The molecule has 2 rings (SSSR count). The molecule has 2 amide bonds. The Morgan fingerprint density at radius 1 is 0.977 bits per heavy atom. The van der Waals surface area contributed by atoms with E-state index in [2.05, 4.69) is 10.0 Å². The lowest BCUT2D eigenvalue weighted by molar-refractivity contribution is -0.163. The van der Waals surface area contributed by atoms with Crippen LogP contribution in [0.15, 0.2) is 42.5 Å². The minimum absolute atomic E-state index is 0.102. The molecular weight excluding hydrogens is 598 g/mol. The number of hydrogen-bond acceptors (Lipinski definition) is 8. The number of carbonyl (C=O) groups excluding carboxylic acids is 2. The molecule has 2 aromatic rings. The van der Waals surface area contributed by atoms with Crippen LogP contribution in [0.4, 0.5) is 0 Å². The second-order valence-corrected chi connectivity index (χ2v) is 12.2. The van der Waals surface area contributed by atoms with Crippen LogP contribution in [0.3, 0.4) is 0 Å². The van der Waals surface area contributed by atoms with Crippen LogP contribution in [0.25, 0.3) is 0 Å². The quantitative estimate of drug-likeness (QED) is 0.223. The van der Waals surface area contributed by atoms with Gasteiger partial charge in [0.05, 0.1) is 26.5 Å². The summed E-state index contributed by atoms with van der Waals surface area (Å²) in [6.45, 7) is 8.24. The van der Waals surface area contributed by atoms with Crippen molar-refractivity contribution in [3.05, 3.63) is 58.6 Å². The van der Waals surface area contributed by atoms with Gasteiger partial charge in [-0.05, 0) is 63.6 Å². The Morgan fingerprint density at radius 2 is 1.63 bits per heavy atom. The summed E-state index contributed by atoms with van der Waals surface area (Å²) in [4.78, 5) is 28.7. The molecule has 0 spiro atoms. The first-order valence-corrected chi connectivity index (χ1v) is 16.2. The molecule has 1 unspecified atom stereocenters. The van der Waals surface area contributed by atoms with Gasteiger partial charge in [0.2, 0.25) is 21.8 Å². The molecule has 2 aromatic carbocycles. The monoisotopic (exact) mass is 641 g/mol. The molecule has 0 aliphatic carbocycles. The molecule has 2 N–H and O–H groups in total. The van der Waals surface area contributed by atoms with Gasteiger partial charge in [0.25, 0.3) is 0 Å². The summed E-state index contributed by atoms with van der Waals surface area (Å²) < 4.78 is 49.8. The minimum Gasteiger partial charge on any atom is -0.497 e. The van der Waals surface area contributed by atoms with Crippen molar-refractivity contribution in [2.75, 3.05) is 40.5 Å². The summed E-state index contributed by atoms with van der Waals surface area (Å²) in [5.74, 6) is -0.00489. The first-order valence-electron chi connectivity index (χ1n) is 14.2. The number of nitrogens with zero attached hydrogens (tertiary/aromatic N) is 1. The van der Waals surface area contributed by atoms with Crippen molar-refractivity contribution >= 4 is 33.4 Å². The normalized spacial score (nSPS) is 12.3. The van der Waals surface area contributed by atoms with Gasteiger partial charge in [0.15, 0.2) is 6.29 Å². The van der Waals surface area contributed by atoms with Crippen LogP contribution in [0.2, 0.25) is 5.02 Å². The second-order valence-electron chi connectivity index (χ2n) is 9.96. The van der Waals surface area contributed by atoms with Gasteiger partial charge < -0.3 is 29.2 Å². The fraction of sp³-hybridized carbons (Fsp3) is 0.533. The molecule has 0 fully saturated rings. The Kier molecular flexibility index (Phi) is 15.2. The summed E-state index contributed by atoms with van der Waals surface area (Å²) in [6, 6.07) is 10.5. The Bertz CT molecular complexity index is 1270. The zero-order chi connectivity index (χ0) is 32.0. The number of methoxy groups -OCH3 is 2. The van der Waals surface area contributed by atoms with Gasteiger partial charge in [0.1, 0.15) is 17.5 Å². The Labute approximate surface area is 260 Å². The molecule has 0 radical (unpaired) electrons. The Morgan fingerprint density at radius 3 is 2.19 bits per heavy atom. The molecule has 0 aromatic heterocycles. The molecule has 11 nitrogen and oxygen atoms in total. The van der Waals surface area contributed by atoms with Crippen molar-refractivity contribution in [2.45, 2.75) is 64.7 Å². The lowest BCUT2D eigenvalue weighted by Crippen LogP contribution is -2.54. The van der Waals surface area contributed by atoms with Gasteiger partial charge in [-0.15, -0.1) is 0 Å². The number of rotatable bonds is 19. The summed E-state index contributed by atoms with van der Waals surface area (Å²) in [5, 5.41) is 3.31. The van der Waals surface area contributed by atoms with Gasteiger partial charge in [-0.1, -0.05) is 23.7 Å². The fourth-order valence-electron chi connectivity index (χ4n) is 4.34. The number of hydrogen-bond donors (Lipinski definition) is 2. The topological polar surface area (TPSA) is 132 Å². The number of amides is 2. The van der Waals surface area contributed by atoms with E-state index >= 15 is 0 Å². The van der Waals surface area contributed by atoms with Gasteiger partial charge in [-0.2, -0.15) is 0 Å². The van der Waals surface area contributed by atoms with Gasteiger partial charge >= 0.3 is 0 Å². The van der Waals surface area contributed by atoms with Gasteiger partial charge in [0, 0.05) is 49.2 Å². The molecule has 13 heteroatoms. The maximum absolute atomic E-state index is 14.0. The van der Waals surface area contributed by atoms with Crippen molar-refractivity contribution in [1.29, 1.82) is 0 Å². The van der Waals surface area contributed by atoms with Crippen LogP contribution in [0.1, 0.15) is 45.2 Å². The smallest absolute Gasteiger partial charge is 0.245 e. The van der Waals surface area contributed by atoms with Gasteiger partial charge in [-0.25, -0.2) is 13.1 Å². The zero-order valence-electron chi connectivity index (χ0n) is 25.7. The highest BCUT2D eigenvalue weighted by Crippen LogP contribution is 2.26. The fourth-order valence-corrected chi connectivity index (χ4v) is 5.61.